The fourth-order valence-electron chi connectivity index (χ4n) is 0.309. The first-order chi connectivity index (χ1) is 4.22. The van der Waals surface area contributed by atoms with E-state index in [4.69, 9.17) is 5.84 Å². The normalized spacial score (nSPS) is 8.40. The molecule has 9 heteroatoms. The molecule has 2 N–H and O–H groups in total. The summed E-state index contributed by atoms with van der Waals surface area (Å²) in [6, 6.07) is 0. The van der Waals surface area contributed by atoms with Crippen LogP contribution in [0.3, 0.4) is 0 Å². The topological polar surface area (TPSA) is 113 Å². The number of nitrogens with two attached hydrogens (primary N) is 1. The van der Waals surface area contributed by atoms with Crippen molar-refractivity contribution in [1.82, 2.24) is 20.3 Å². The van der Waals surface area contributed by atoms with Crippen LogP contribution in [-0.2, 0) is 0 Å². The molecule has 0 bridgehead atoms. The van der Waals surface area contributed by atoms with Gasteiger partial charge in [0.25, 0.3) is 0 Å². The first-order valence-electron chi connectivity index (χ1n) is 1.89. The van der Waals surface area contributed by atoms with Crippen molar-refractivity contribution in [2.45, 2.75) is 0 Å². The van der Waals surface area contributed by atoms with Gasteiger partial charge in [-0.1, -0.05) is 0 Å². The predicted molar refractivity (Wildman–Crippen MR) is 33.2 cm³/mol. The molecule has 1 heterocycles. The standard InChI is InChI=1S/CH2N6O2.Ba.2H/c2-6-1(7(8)9)3-4-5-6;;;/h2H2;;;. The maximum atomic E-state index is 9.85. The third kappa shape index (κ3) is 1.92. The molecule has 0 spiro atoms. The Morgan fingerprint density at radius 1 is 1.70 bits per heavy atom. The van der Waals surface area contributed by atoms with Crippen molar-refractivity contribution in [3.8, 4) is 0 Å². The first kappa shape index (κ1) is 9.84. The van der Waals surface area contributed by atoms with Gasteiger partial charge in [-0.05, 0) is 9.71 Å². The number of tetrazole rings is 1. The van der Waals surface area contributed by atoms with E-state index in [9.17, 15) is 10.1 Å². The number of nitro groups is 1. The number of aromatic nitrogens is 4. The molecule has 0 aliphatic rings. The molecule has 0 aromatic carbocycles. The Morgan fingerprint density at radius 3 is 2.50 bits per heavy atom. The van der Waals surface area contributed by atoms with Gasteiger partial charge in [-0.3, -0.25) is 5.84 Å². The van der Waals surface area contributed by atoms with E-state index in [-0.39, 0.29) is 48.9 Å². The van der Waals surface area contributed by atoms with Crippen LogP contribution in [0.1, 0.15) is 0 Å². The van der Waals surface area contributed by atoms with Crippen molar-refractivity contribution in [2.75, 3.05) is 5.84 Å². The number of rotatable bonds is 1. The Morgan fingerprint density at radius 2 is 2.30 bits per heavy atom. The van der Waals surface area contributed by atoms with Crippen LogP contribution in [0.2, 0.25) is 0 Å². The Balaban J connectivity index is 0.000000810. The number of nitrogen functional groups attached to an aromatic ring is 1. The fraction of sp³-hybridized carbons (Fsp3) is 0. The average molecular weight is 269 g/mol. The molecule has 52 valence electrons. The second-order valence-corrected chi connectivity index (χ2v) is 1.18. The van der Waals surface area contributed by atoms with Crippen LogP contribution >= 0.6 is 0 Å². The Kier molecular flexibility index (Phi) is 3.82. The Labute approximate surface area is 95.0 Å². The van der Waals surface area contributed by atoms with E-state index < -0.39 is 10.9 Å². The summed E-state index contributed by atoms with van der Waals surface area (Å²) in [6.07, 6.45) is 0. The second kappa shape index (κ2) is 3.88. The van der Waals surface area contributed by atoms with E-state index in [0.29, 0.717) is 4.79 Å². The second-order valence-electron chi connectivity index (χ2n) is 1.18. The summed E-state index contributed by atoms with van der Waals surface area (Å²) in [5.74, 6) is 4.31. The van der Waals surface area contributed by atoms with Gasteiger partial charge in [0.2, 0.25) is 0 Å². The molecule has 0 saturated heterocycles. The molecule has 0 fully saturated rings. The molecule has 0 atom stereocenters. The van der Waals surface area contributed by atoms with Crippen molar-refractivity contribution in [2.24, 2.45) is 0 Å². The summed E-state index contributed by atoms with van der Waals surface area (Å²) in [4.78, 5) is 9.55. The zero-order valence-electron chi connectivity index (χ0n) is 4.13. The SMILES string of the molecule is Nn1nnnc1[N+](=O)[O-].[BaH2]. The average Bonchev–Trinajstić information content (AvgIpc) is 2.13. The van der Waals surface area contributed by atoms with Gasteiger partial charge in [0.05, 0.1) is 15.5 Å². The summed E-state index contributed by atoms with van der Waals surface area (Å²) in [5.41, 5.74) is 0. The van der Waals surface area contributed by atoms with E-state index in [1.54, 1.807) is 0 Å². The predicted octanol–water partition coefficient (Wildman–Crippen LogP) is -2.62. The van der Waals surface area contributed by atoms with Gasteiger partial charge < -0.3 is 10.1 Å². The van der Waals surface area contributed by atoms with E-state index >= 15 is 0 Å². The van der Waals surface area contributed by atoms with Crippen LogP contribution in [0.4, 0.5) is 5.95 Å². The Bertz CT molecular complexity index is 231. The van der Waals surface area contributed by atoms with Gasteiger partial charge in [0.15, 0.2) is 0 Å². The van der Waals surface area contributed by atoms with Crippen LogP contribution in [0.5, 0.6) is 0 Å². The van der Waals surface area contributed by atoms with E-state index in [0.717, 1.165) is 0 Å². The summed E-state index contributed by atoms with van der Waals surface area (Å²) < 4.78 is 0. The molecule has 0 aliphatic carbocycles. The molecule has 8 nitrogen and oxygen atoms in total. The van der Waals surface area contributed by atoms with Crippen LogP contribution in [0.25, 0.3) is 0 Å². The van der Waals surface area contributed by atoms with E-state index in [1.807, 2.05) is 0 Å². The molecule has 1 aromatic heterocycles. The fourth-order valence-corrected chi connectivity index (χ4v) is 0.309. The molecule has 1 rings (SSSR count). The minimum atomic E-state index is -0.778. The number of hydrogen-bond acceptors (Lipinski definition) is 6. The van der Waals surface area contributed by atoms with Crippen molar-refractivity contribution in [1.29, 1.82) is 0 Å². The van der Waals surface area contributed by atoms with Crippen LogP contribution in [-0.4, -0.2) is 74.1 Å². The van der Waals surface area contributed by atoms with Gasteiger partial charge in [-0.15, -0.1) is 0 Å². The van der Waals surface area contributed by atoms with Crippen LogP contribution < -0.4 is 5.84 Å². The summed E-state index contributed by atoms with van der Waals surface area (Å²) in [5, 5.41) is 18.8. The summed E-state index contributed by atoms with van der Waals surface area (Å²) in [7, 11) is 0. The van der Waals surface area contributed by atoms with Crippen molar-refractivity contribution < 1.29 is 4.92 Å². The molecular formula is CH4BaN6O2. The van der Waals surface area contributed by atoms with Gasteiger partial charge in [0.1, 0.15) is 0 Å². The molecule has 10 heavy (non-hydrogen) atoms. The molecule has 1 aromatic rings. The molecular weight excluding hydrogens is 265 g/mol. The van der Waals surface area contributed by atoms with Gasteiger partial charge in [-0.2, -0.15) is 0 Å². The number of nitrogens with zero attached hydrogens (tertiary/aromatic N) is 5. The van der Waals surface area contributed by atoms with E-state index in [1.165, 1.54) is 0 Å². The summed E-state index contributed by atoms with van der Waals surface area (Å²) >= 11 is 0. The monoisotopic (exact) mass is 270 g/mol. The first-order valence-corrected chi connectivity index (χ1v) is 1.89. The zero-order chi connectivity index (χ0) is 6.85. The molecule has 0 aliphatic heterocycles. The zero-order valence-corrected chi connectivity index (χ0v) is 4.13. The number of hydrogen-bond donors (Lipinski definition) is 1. The molecule has 0 saturated carbocycles. The molecule has 0 unspecified atom stereocenters. The van der Waals surface area contributed by atoms with Crippen LogP contribution in [0.15, 0.2) is 0 Å². The van der Waals surface area contributed by atoms with Crippen molar-refractivity contribution in [3.05, 3.63) is 10.1 Å². The maximum absolute atomic E-state index is 9.85. The van der Waals surface area contributed by atoms with Gasteiger partial charge >= 0.3 is 54.8 Å². The third-order valence-corrected chi connectivity index (χ3v) is 0.639. The molecule has 0 amide bonds. The van der Waals surface area contributed by atoms with Crippen molar-refractivity contribution in [3.63, 3.8) is 0 Å². The van der Waals surface area contributed by atoms with Crippen molar-refractivity contribution >= 4 is 54.8 Å². The van der Waals surface area contributed by atoms with Gasteiger partial charge in [0, 0.05) is 0 Å². The quantitative estimate of drug-likeness (QED) is 0.258. The van der Waals surface area contributed by atoms with Crippen LogP contribution in [0, 0.1) is 10.1 Å². The van der Waals surface area contributed by atoms with Gasteiger partial charge in [-0.25, -0.2) is 0 Å². The minimum absolute atomic E-state index is 0. The molecule has 0 radical (unpaired) electrons. The Hall–Kier alpha value is -0.159. The van der Waals surface area contributed by atoms with E-state index in [2.05, 4.69) is 15.5 Å². The third-order valence-electron chi connectivity index (χ3n) is 0.639. The summed E-state index contributed by atoms with van der Waals surface area (Å²) in [6.45, 7) is 0.